The van der Waals surface area contributed by atoms with Gasteiger partial charge in [0.1, 0.15) is 0 Å². The smallest absolute Gasteiger partial charge is 0.306 e. The van der Waals surface area contributed by atoms with Gasteiger partial charge in [0.15, 0.2) is 5.78 Å². The highest BCUT2D eigenvalue weighted by molar-refractivity contribution is 7.12. The van der Waals surface area contributed by atoms with Crippen LogP contribution in [0, 0.1) is 5.92 Å². The number of carbonyl (C=O) groups is 2. The van der Waals surface area contributed by atoms with Crippen LogP contribution in [-0.4, -0.2) is 16.9 Å². The molecule has 0 aliphatic rings. The van der Waals surface area contributed by atoms with Crippen LogP contribution in [0.4, 0.5) is 0 Å². The summed E-state index contributed by atoms with van der Waals surface area (Å²) in [5.41, 5.74) is 0. The fourth-order valence-electron chi connectivity index (χ4n) is 1.17. The first-order valence-electron chi connectivity index (χ1n) is 4.44. The molecule has 0 aliphatic heterocycles. The van der Waals surface area contributed by atoms with Crippen LogP contribution in [0.3, 0.4) is 0 Å². The predicted octanol–water partition coefficient (Wildman–Crippen LogP) is 2.43. The maximum Gasteiger partial charge on any atom is 0.306 e. The fourth-order valence-corrected chi connectivity index (χ4v) is 1.84. The van der Waals surface area contributed by atoms with Crippen molar-refractivity contribution >= 4 is 23.1 Å². The van der Waals surface area contributed by atoms with Crippen molar-refractivity contribution in [1.82, 2.24) is 0 Å². The second-order valence-corrected chi connectivity index (χ2v) is 4.00. The lowest BCUT2D eigenvalue weighted by molar-refractivity contribution is -0.141. The first-order chi connectivity index (χ1) is 6.65. The van der Waals surface area contributed by atoms with Gasteiger partial charge in [-0.15, -0.1) is 11.3 Å². The van der Waals surface area contributed by atoms with Crippen molar-refractivity contribution in [2.45, 2.75) is 19.8 Å². The SMILES string of the molecule is CCC(CC(=O)c1cccs1)C(=O)O. The number of thiophene rings is 1. The molecule has 1 rings (SSSR count). The number of rotatable bonds is 5. The van der Waals surface area contributed by atoms with E-state index in [0.29, 0.717) is 11.3 Å². The lowest BCUT2D eigenvalue weighted by Gasteiger charge is -2.06. The first kappa shape index (κ1) is 10.9. The van der Waals surface area contributed by atoms with Crippen molar-refractivity contribution in [3.63, 3.8) is 0 Å². The molecule has 0 aliphatic carbocycles. The average molecular weight is 212 g/mol. The maximum atomic E-state index is 11.5. The van der Waals surface area contributed by atoms with Gasteiger partial charge in [-0.05, 0) is 17.9 Å². The van der Waals surface area contributed by atoms with Gasteiger partial charge in [-0.2, -0.15) is 0 Å². The van der Waals surface area contributed by atoms with Crippen molar-refractivity contribution < 1.29 is 14.7 Å². The summed E-state index contributed by atoms with van der Waals surface area (Å²) < 4.78 is 0. The van der Waals surface area contributed by atoms with Crippen molar-refractivity contribution in [3.05, 3.63) is 22.4 Å². The minimum Gasteiger partial charge on any atom is -0.481 e. The third-order valence-corrected chi connectivity index (χ3v) is 2.98. The number of ketones is 1. The molecule has 0 fully saturated rings. The summed E-state index contributed by atoms with van der Waals surface area (Å²) in [6, 6.07) is 3.52. The number of carboxylic acid groups (broad SMARTS) is 1. The van der Waals surface area contributed by atoms with E-state index in [1.54, 1.807) is 19.1 Å². The molecule has 0 amide bonds. The third-order valence-electron chi connectivity index (χ3n) is 2.07. The molecular formula is C10H12O3S. The summed E-state index contributed by atoms with van der Waals surface area (Å²) in [5.74, 6) is -1.52. The van der Waals surface area contributed by atoms with E-state index in [1.165, 1.54) is 11.3 Å². The number of hydrogen-bond donors (Lipinski definition) is 1. The summed E-state index contributed by atoms with van der Waals surface area (Å²) >= 11 is 1.35. The van der Waals surface area contributed by atoms with E-state index >= 15 is 0 Å². The fraction of sp³-hybridized carbons (Fsp3) is 0.400. The van der Waals surface area contributed by atoms with E-state index in [4.69, 9.17) is 5.11 Å². The molecule has 1 heterocycles. The zero-order valence-electron chi connectivity index (χ0n) is 7.90. The standard InChI is InChI=1S/C10H12O3S/c1-2-7(10(12)13)6-8(11)9-4-3-5-14-9/h3-5,7H,2,6H2,1H3,(H,12,13). The Bertz CT molecular complexity index is 316. The molecule has 0 spiro atoms. The Morgan fingerprint density at radius 2 is 2.29 bits per heavy atom. The quantitative estimate of drug-likeness (QED) is 0.762. The van der Waals surface area contributed by atoms with Crippen molar-refractivity contribution in [2.75, 3.05) is 0 Å². The lowest BCUT2D eigenvalue weighted by atomic mass is 9.99. The molecular weight excluding hydrogens is 200 g/mol. The van der Waals surface area contributed by atoms with Crippen molar-refractivity contribution in [3.8, 4) is 0 Å². The molecule has 4 heteroatoms. The van der Waals surface area contributed by atoms with Gasteiger partial charge in [-0.25, -0.2) is 0 Å². The molecule has 1 unspecified atom stereocenters. The number of aliphatic carboxylic acids is 1. The van der Waals surface area contributed by atoms with Crippen molar-refractivity contribution in [2.24, 2.45) is 5.92 Å². The molecule has 76 valence electrons. The summed E-state index contributed by atoms with van der Waals surface area (Å²) in [5, 5.41) is 10.6. The zero-order chi connectivity index (χ0) is 10.6. The Hall–Kier alpha value is -1.16. The highest BCUT2D eigenvalue weighted by atomic mass is 32.1. The summed E-state index contributed by atoms with van der Waals surface area (Å²) in [4.78, 5) is 22.9. The lowest BCUT2D eigenvalue weighted by Crippen LogP contribution is -2.16. The normalized spacial score (nSPS) is 12.4. The van der Waals surface area contributed by atoms with Crippen molar-refractivity contribution in [1.29, 1.82) is 0 Å². The van der Waals surface area contributed by atoms with E-state index in [-0.39, 0.29) is 12.2 Å². The van der Waals surface area contributed by atoms with E-state index in [2.05, 4.69) is 0 Å². The van der Waals surface area contributed by atoms with Crippen LogP contribution in [0.1, 0.15) is 29.4 Å². The van der Waals surface area contributed by atoms with Gasteiger partial charge >= 0.3 is 5.97 Å². The van der Waals surface area contributed by atoms with Gasteiger partial charge in [0.05, 0.1) is 10.8 Å². The second-order valence-electron chi connectivity index (χ2n) is 3.05. The Labute approximate surface area is 86.4 Å². The Balaban J connectivity index is 2.60. The van der Waals surface area contributed by atoms with Gasteiger partial charge in [0.25, 0.3) is 0 Å². The summed E-state index contributed by atoms with van der Waals surface area (Å²) in [7, 11) is 0. The summed E-state index contributed by atoms with van der Waals surface area (Å²) in [6.45, 7) is 1.78. The van der Waals surface area contributed by atoms with Gasteiger partial charge in [-0.1, -0.05) is 13.0 Å². The second kappa shape index (κ2) is 4.91. The molecule has 0 aromatic carbocycles. The zero-order valence-corrected chi connectivity index (χ0v) is 8.71. The largest absolute Gasteiger partial charge is 0.481 e. The topological polar surface area (TPSA) is 54.4 Å². The van der Waals surface area contributed by atoms with Crippen LogP contribution in [0.15, 0.2) is 17.5 Å². The summed E-state index contributed by atoms with van der Waals surface area (Å²) in [6.07, 6.45) is 0.596. The van der Waals surface area contributed by atoms with Crippen LogP contribution in [0.25, 0.3) is 0 Å². The highest BCUT2D eigenvalue weighted by Crippen LogP contribution is 2.16. The molecule has 1 N–H and O–H groups in total. The van der Waals surface area contributed by atoms with Crippen LogP contribution >= 0.6 is 11.3 Å². The van der Waals surface area contributed by atoms with E-state index < -0.39 is 11.9 Å². The van der Waals surface area contributed by atoms with E-state index in [0.717, 1.165) is 0 Å². The molecule has 3 nitrogen and oxygen atoms in total. The number of carbonyl (C=O) groups excluding carboxylic acids is 1. The van der Waals surface area contributed by atoms with Crippen LogP contribution in [-0.2, 0) is 4.79 Å². The molecule has 0 radical (unpaired) electrons. The Kier molecular flexibility index (Phi) is 3.83. The van der Waals surface area contributed by atoms with Gasteiger partial charge < -0.3 is 5.11 Å². The monoisotopic (exact) mass is 212 g/mol. The third kappa shape index (κ3) is 2.67. The molecule has 14 heavy (non-hydrogen) atoms. The number of Topliss-reactive ketones (excluding diaryl/α,β-unsaturated/α-hetero) is 1. The number of hydrogen-bond acceptors (Lipinski definition) is 3. The Morgan fingerprint density at radius 3 is 2.71 bits per heavy atom. The molecule has 1 aromatic rings. The van der Waals surface area contributed by atoms with Gasteiger partial charge in [0.2, 0.25) is 0 Å². The molecule has 1 atom stereocenters. The van der Waals surface area contributed by atoms with E-state index in [1.807, 2.05) is 5.38 Å². The van der Waals surface area contributed by atoms with Gasteiger partial charge in [0, 0.05) is 6.42 Å². The van der Waals surface area contributed by atoms with Crippen LogP contribution in [0.2, 0.25) is 0 Å². The average Bonchev–Trinajstić information content (AvgIpc) is 2.65. The molecule has 1 aromatic heterocycles. The van der Waals surface area contributed by atoms with E-state index in [9.17, 15) is 9.59 Å². The highest BCUT2D eigenvalue weighted by Gasteiger charge is 2.20. The molecule has 0 bridgehead atoms. The molecule has 0 saturated heterocycles. The maximum absolute atomic E-state index is 11.5. The van der Waals surface area contributed by atoms with Crippen LogP contribution in [0.5, 0.6) is 0 Å². The first-order valence-corrected chi connectivity index (χ1v) is 5.32. The minimum absolute atomic E-state index is 0.0748. The predicted molar refractivity (Wildman–Crippen MR) is 54.7 cm³/mol. The minimum atomic E-state index is -0.891. The van der Waals surface area contributed by atoms with Gasteiger partial charge in [-0.3, -0.25) is 9.59 Å². The van der Waals surface area contributed by atoms with Crippen LogP contribution < -0.4 is 0 Å². The Morgan fingerprint density at radius 1 is 1.57 bits per heavy atom. The molecule has 0 saturated carbocycles. The number of carboxylic acids is 1.